The molecular formula is C30H29F4N7O. The van der Waals surface area contributed by atoms with Gasteiger partial charge in [-0.3, -0.25) is 14.7 Å². The van der Waals surface area contributed by atoms with E-state index in [1.807, 2.05) is 18.2 Å². The molecule has 42 heavy (non-hydrogen) atoms. The van der Waals surface area contributed by atoms with Gasteiger partial charge >= 0.3 is 6.18 Å². The summed E-state index contributed by atoms with van der Waals surface area (Å²) in [4.78, 5) is 22.4. The third-order valence-corrected chi connectivity index (χ3v) is 7.76. The number of likely N-dealkylation sites (N-methyl/N-ethyl adjacent to an activating group) is 1. The maximum atomic E-state index is 14.8. The van der Waals surface area contributed by atoms with Crippen LogP contribution in [0.2, 0.25) is 0 Å². The summed E-state index contributed by atoms with van der Waals surface area (Å²) in [6, 6.07) is 10.9. The first kappa shape index (κ1) is 27.9. The van der Waals surface area contributed by atoms with Crippen LogP contribution in [0, 0.1) is 5.82 Å². The molecule has 2 aromatic carbocycles. The van der Waals surface area contributed by atoms with E-state index in [-0.39, 0.29) is 11.1 Å². The number of benzene rings is 2. The Morgan fingerprint density at radius 3 is 2.57 bits per heavy atom. The van der Waals surface area contributed by atoms with Gasteiger partial charge in [0.1, 0.15) is 17.7 Å². The van der Waals surface area contributed by atoms with E-state index in [1.54, 1.807) is 36.1 Å². The Morgan fingerprint density at radius 2 is 1.83 bits per heavy atom. The zero-order chi connectivity index (χ0) is 29.6. The third-order valence-electron chi connectivity index (χ3n) is 7.76. The quantitative estimate of drug-likeness (QED) is 0.314. The number of aromatic nitrogens is 3. The second-order valence-electron chi connectivity index (χ2n) is 10.7. The number of amides is 1. The number of carbonyl (C=O) groups is 1. The Bertz CT molecular complexity index is 1690. The number of rotatable bonds is 5. The average Bonchev–Trinajstić information content (AvgIpc) is 3.34. The van der Waals surface area contributed by atoms with Crippen LogP contribution in [0.5, 0.6) is 0 Å². The summed E-state index contributed by atoms with van der Waals surface area (Å²) < 4.78 is 56.5. The van der Waals surface area contributed by atoms with Gasteiger partial charge in [-0.2, -0.15) is 18.3 Å². The normalized spacial score (nSPS) is 18.2. The molecule has 1 unspecified atom stereocenters. The summed E-state index contributed by atoms with van der Waals surface area (Å²) in [6.45, 7) is 5.87. The van der Waals surface area contributed by atoms with Crippen molar-refractivity contribution in [2.24, 2.45) is 0 Å². The van der Waals surface area contributed by atoms with E-state index in [1.165, 1.54) is 6.07 Å². The van der Waals surface area contributed by atoms with Crippen molar-refractivity contribution < 1.29 is 22.4 Å². The Morgan fingerprint density at radius 1 is 1.05 bits per heavy atom. The number of allylic oxidation sites excluding steroid dienone is 1. The number of anilines is 2. The molecule has 4 heterocycles. The van der Waals surface area contributed by atoms with Crippen LogP contribution in [-0.4, -0.2) is 63.7 Å². The minimum atomic E-state index is -4.85. The molecule has 1 amide bonds. The van der Waals surface area contributed by atoms with Crippen molar-refractivity contribution in [3.63, 3.8) is 0 Å². The highest BCUT2D eigenvalue weighted by Gasteiger charge is 2.37. The van der Waals surface area contributed by atoms with Gasteiger partial charge in [-0.05, 0) is 55.3 Å². The van der Waals surface area contributed by atoms with Gasteiger partial charge in [0, 0.05) is 68.0 Å². The second-order valence-corrected chi connectivity index (χ2v) is 10.7. The van der Waals surface area contributed by atoms with Crippen LogP contribution >= 0.6 is 0 Å². The van der Waals surface area contributed by atoms with Crippen LogP contribution < -0.4 is 10.6 Å². The van der Waals surface area contributed by atoms with Crippen LogP contribution in [0.1, 0.15) is 29.8 Å². The largest absolute Gasteiger partial charge is 0.419 e. The number of nitrogens with one attached hydrogen (secondary N) is 2. The van der Waals surface area contributed by atoms with Gasteiger partial charge in [-0.15, -0.1) is 0 Å². The molecule has 2 aliphatic heterocycles. The summed E-state index contributed by atoms with van der Waals surface area (Å²) >= 11 is 0. The van der Waals surface area contributed by atoms with Crippen molar-refractivity contribution in [1.29, 1.82) is 0 Å². The molecule has 6 rings (SSSR count). The Balaban J connectivity index is 1.37. The lowest BCUT2D eigenvalue weighted by atomic mass is 9.93. The predicted octanol–water partition coefficient (Wildman–Crippen LogP) is 5.26. The highest BCUT2D eigenvalue weighted by Crippen LogP contribution is 2.39. The first-order valence-corrected chi connectivity index (χ1v) is 13.6. The summed E-state index contributed by atoms with van der Waals surface area (Å²) in [5.74, 6) is -1.33. The van der Waals surface area contributed by atoms with Crippen molar-refractivity contribution in [2.75, 3.05) is 43.9 Å². The van der Waals surface area contributed by atoms with E-state index in [4.69, 9.17) is 5.10 Å². The van der Waals surface area contributed by atoms with Crippen LogP contribution in [0.4, 0.5) is 29.1 Å². The topological polar surface area (TPSA) is 78.3 Å². The standard InChI is InChI=1S/C30H29F4N7O/c1-18-27(29(42)37-22-5-3-21-16-35-8-7-19(21)13-22)28(20-4-6-24(25(31)14-20)30(32,33)34)41-26(36-18)15-23(38-41)17-40-11-9-39(2)10-12-40/h3-8,13-16,28,36H,9-12,17H2,1-2H3,(H,37,42). The van der Waals surface area contributed by atoms with Crippen LogP contribution in [-0.2, 0) is 17.5 Å². The predicted molar refractivity (Wildman–Crippen MR) is 151 cm³/mol. The fourth-order valence-corrected chi connectivity index (χ4v) is 5.53. The summed E-state index contributed by atoms with van der Waals surface area (Å²) in [7, 11) is 2.07. The highest BCUT2D eigenvalue weighted by molar-refractivity contribution is 6.06. The monoisotopic (exact) mass is 579 g/mol. The number of nitrogens with zero attached hydrogens (tertiary/aromatic N) is 5. The molecule has 218 valence electrons. The molecule has 1 saturated heterocycles. The fourth-order valence-electron chi connectivity index (χ4n) is 5.53. The van der Waals surface area contributed by atoms with Gasteiger partial charge in [0.05, 0.1) is 16.8 Å². The van der Waals surface area contributed by atoms with Gasteiger partial charge < -0.3 is 15.5 Å². The number of fused-ring (bicyclic) bond motifs is 2. The minimum Gasteiger partial charge on any atom is -0.344 e. The van der Waals surface area contributed by atoms with Crippen LogP contribution in [0.25, 0.3) is 10.8 Å². The molecule has 2 aliphatic rings. The van der Waals surface area contributed by atoms with Gasteiger partial charge in [0.15, 0.2) is 0 Å². The summed E-state index contributed by atoms with van der Waals surface area (Å²) in [6.07, 6.45) is -1.48. The van der Waals surface area contributed by atoms with E-state index in [0.717, 1.165) is 48.7 Å². The Kier molecular flexibility index (Phi) is 7.19. The first-order chi connectivity index (χ1) is 20.1. The zero-order valence-corrected chi connectivity index (χ0v) is 23.0. The molecule has 8 nitrogen and oxygen atoms in total. The molecule has 2 N–H and O–H groups in total. The zero-order valence-electron chi connectivity index (χ0n) is 23.0. The molecule has 0 spiro atoms. The molecule has 0 aliphatic carbocycles. The number of pyridine rings is 1. The molecule has 0 bridgehead atoms. The second kappa shape index (κ2) is 10.8. The Labute approximate surface area is 239 Å². The first-order valence-electron chi connectivity index (χ1n) is 13.6. The fraction of sp³-hybridized carbons (Fsp3) is 0.300. The molecule has 4 aromatic rings. The lowest BCUT2D eigenvalue weighted by Crippen LogP contribution is -2.43. The maximum absolute atomic E-state index is 14.8. The van der Waals surface area contributed by atoms with Gasteiger partial charge in [0.2, 0.25) is 0 Å². The molecule has 12 heteroatoms. The van der Waals surface area contributed by atoms with Crippen molar-refractivity contribution in [1.82, 2.24) is 24.6 Å². The van der Waals surface area contributed by atoms with Crippen molar-refractivity contribution in [2.45, 2.75) is 25.7 Å². The SMILES string of the molecule is CC1=C(C(=O)Nc2ccc3cnccc3c2)C(c2ccc(C(F)(F)F)c(F)c2)n2nc(CN3CCN(C)CC3)cc2N1. The average molecular weight is 580 g/mol. The van der Waals surface area contributed by atoms with E-state index >= 15 is 0 Å². The molecule has 0 saturated carbocycles. The minimum absolute atomic E-state index is 0.173. The van der Waals surface area contributed by atoms with E-state index in [2.05, 4.69) is 32.5 Å². The Hall–Kier alpha value is -4.29. The van der Waals surface area contributed by atoms with Crippen LogP contribution in [0.3, 0.4) is 0 Å². The lowest BCUT2D eigenvalue weighted by Gasteiger charge is -2.31. The van der Waals surface area contributed by atoms with E-state index in [9.17, 15) is 22.4 Å². The van der Waals surface area contributed by atoms with Crippen molar-refractivity contribution in [3.05, 3.63) is 94.8 Å². The van der Waals surface area contributed by atoms with Gasteiger partial charge in [0.25, 0.3) is 5.91 Å². The van der Waals surface area contributed by atoms with Gasteiger partial charge in [-0.25, -0.2) is 9.07 Å². The smallest absolute Gasteiger partial charge is 0.344 e. The number of halogens is 4. The van der Waals surface area contributed by atoms with E-state index < -0.39 is 29.5 Å². The molecule has 1 atom stereocenters. The van der Waals surface area contributed by atoms with Gasteiger partial charge in [-0.1, -0.05) is 12.1 Å². The summed E-state index contributed by atoms with van der Waals surface area (Å²) in [5.41, 5.74) is 0.767. The highest BCUT2D eigenvalue weighted by atomic mass is 19.4. The summed E-state index contributed by atoms with van der Waals surface area (Å²) in [5, 5.41) is 12.7. The molecule has 0 radical (unpaired) electrons. The van der Waals surface area contributed by atoms with E-state index in [0.29, 0.717) is 29.8 Å². The van der Waals surface area contributed by atoms with Crippen molar-refractivity contribution in [3.8, 4) is 0 Å². The van der Waals surface area contributed by atoms with Crippen molar-refractivity contribution >= 4 is 28.2 Å². The maximum Gasteiger partial charge on any atom is 0.419 e. The molecule has 1 fully saturated rings. The number of alkyl halides is 3. The van der Waals surface area contributed by atoms with Crippen LogP contribution in [0.15, 0.2) is 72.2 Å². The number of hydrogen-bond donors (Lipinski definition) is 2. The third kappa shape index (κ3) is 5.47. The number of piperazine rings is 1. The lowest BCUT2D eigenvalue weighted by molar-refractivity contribution is -0.140. The number of carbonyl (C=O) groups excluding carboxylic acids is 1. The molecule has 2 aromatic heterocycles. The molecular weight excluding hydrogens is 550 g/mol. The number of hydrogen-bond acceptors (Lipinski definition) is 6.